The van der Waals surface area contributed by atoms with Crippen LogP contribution in [0, 0.1) is 0 Å². The topological polar surface area (TPSA) is 119 Å². The summed E-state index contributed by atoms with van der Waals surface area (Å²) in [6.07, 6.45) is 0. The molecule has 7 nitrogen and oxygen atoms in total. The number of azo groups is 1. The van der Waals surface area contributed by atoms with E-state index in [-0.39, 0.29) is 11.8 Å². The Morgan fingerprint density at radius 2 is 2.33 bits per heavy atom. The quantitative estimate of drug-likeness (QED) is 0.440. The zero-order valence-electron chi connectivity index (χ0n) is 6.01. The van der Waals surface area contributed by atoms with E-state index in [4.69, 9.17) is 19.4 Å². The first-order valence-electron chi connectivity index (χ1n) is 2.97. The summed E-state index contributed by atoms with van der Waals surface area (Å²) in [6.45, 7) is 0. The molecule has 1 heterocycles. The molecule has 0 aliphatic carbocycles. The maximum absolute atomic E-state index is 10.7. The number of hydrogen-bond acceptors (Lipinski definition) is 5. The first kappa shape index (κ1) is 8.37. The zero-order valence-corrected chi connectivity index (χ0v) is 6.01. The molecule has 0 aromatic carbocycles. The molecular weight excluding hydrogens is 159 g/mol. The highest BCUT2D eigenvalue weighted by atomic mass is 16.1. The van der Waals surface area contributed by atoms with Crippen LogP contribution in [0.15, 0.2) is 20.1 Å². The number of hydrogen-bond donors (Lipinski definition) is 2. The van der Waals surface area contributed by atoms with Gasteiger partial charge in [-0.1, -0.05) is 0 Å². The third kappa shape index (κ3) is 1.47. The van der Waals surface area contributed by atoms with Gasteiger partial charge in [-0.2, -0.15) is 10.1 Å². The predicted octanol–water partition coefficient (Wildman–Crippen LogP) is -1.90. The number of carbonyl (C=O) groups is 1. The normalized spacial score (nSPS) is 25.5. The van der Waals surface area contributed by atoms with Crippen molar-refractivity contribution in [1.82, 2.24) is 0 Å². The minimum Gasteiger partial charge on any atom is -0.367 e. The van der Waals surface area contributed by atoms with Gasteiger partial charge in [-0.25, -0.2) is 0 Å². The van der Waals surface area contributed by atoms with Crippen LogP contribution in [-0.4, -0.2) is 31.7 Å². The Kier molecular flexibility index (Phi) is 2.17. The van der Waals surface area contributed by atoms with Crippen LogP contribution in [0.1, 0.15) is 0 Å². The molecule has 1 rings (SSSR count). The molecule has 0 bridgehead atoms. The van der Waals surface area contributed by atoms with E-state index >= 15 is 0 Å². The standard InChI is InChI=1S/C4H5BN6O/c5-9-3-1(2(6)12)10-11-4(7)8-3/h1H,(H2,6,12)(H2,7,8,9). The minimum absolute atomic E-state index is 0.0324. The summed E-state index contributed by atoms with van der Waals surface area (Å²) in [7, 11) is 4.91. The van der Waals surface area contributed by atoms with E-state index in [2.05, 4.69) is 20.1 Å². The monoisotopic (exact) mass is 164 g/mol. The minimum atomic E-state index is -1.03. The number of carbonyl (C=O) groups excluding carboxylic acids is 1. The Labute approximate surface area is 69.1 Å². The first-order valence-corrected chi connectivity index (χ1v) is 2.97. The first-order chi connectivity index (χ1) is 5.65. The average molecular weight is 164 g/mol. The predicted molar refractivity (Wildman–Crippen MR) is 42.6 cm³/mol. The summed E-state index contributed by atoms with van der Waals surface area (Å²) < 4.78 is 0. The molecule has 1 atom stereocenters. The Hall–Kier alpha value is -1.73. The largest absolute Gasteiger partial charge is 0.367 e. The lowest BCUT2D eigenvalue weighted by atomic mass is 10.2. The highest BCUT2D eigenvalue weighted by molar-refractivity contribution is 6.20. The summed E-state index contributed by atoms with van der Waals surface area (Å²) in [5.41, 5.74) is 10.1. The summed E-state index contributed by atoms with van der Waals surface area (Å²) in [5.74, 6) is -0.856. The summed E-state index contributed by atoms with van der Waals surface area (Å²) >= 11 is 0. The summed E-state index contributed by atoms with van der Waals surface area (Å²) in [6, 6.07) is -1.03. The van der Waals surface area contributed by atoms with Crippen LogP contribution in [0.25, 0.3) is 0 Å². The van der Waals surface area contributed by atoms with E-state index < -0.39 is 11.9 Å². The van der Waals surface area contributed by atoms with Crippen molar-refractivity contribution in [3.63, 3.8) is 0 Å². The number of amides is 1. The van der Waals surface area contributed by atoms with Crippen LogP contribution in [-0.2, 0) is 4.79 Å². The molecule has 2 radical (unpaired) electrons. The Balaban J connectivity index is 2.96. The number of rotatable bonds is 1. The summed E-state index contributed by atoms with van der Waals surface area (Å²) in [4.78, 5) is 17.4. The molecule has 60 valence electrons. The van der Waals surface area contributed by atoms with Crippen molar-refractivity contribution in [1.29, 1.82) is 0 Å². The number of primary amides is 1. The van der Waals surface area contributed by atoms with E-state index in [0.717, 1.165) is 0 Å². The van der Waals surface area contributed by atoms with Crippen molar-refractivity contribution in [2.45, 2.75) is 6.04 Å². The molecule has 1 aliphatic heterocycles. The fraction of sp³-hybridized carbons (Fsp3) is 0.250. The fourth-order valence-electron chi connectivity index (χ4n) is 0.653. The van der Waals surface area contributed by atoms with E-state index in [0.29, 0.717) is 0 Å². The van der Waals surface area contributed by atoms with Gasteiger partial charge in [0, 0.05) is 0 Å². The lowest BCUT2D eigenvalue weighted by Crippen LogP contribution is -2.36. The molecule has 0 aromatic rings. The third-order valence-electron chi connectivity index (χ3n) is 1.15. The number of nitrogens with zero attached hydrogens (tertiary/aromatic N) is 4. The smallest absolute Gasteiger partial charge is 0.262 e. The molecule has 0 spiro atoms. The van der Waals surface area contributed by atoms with Crippen LogP contribution in [0.4, 0.5) is 0 Å². The van der Waals surface area contributed by atoms with Crippen molar-refractivity contribution in [2.75, 3.05) is 0 Å². The lowest BCUT2D eigenvalue weighted by Gasteiger charge is -2.09. The van der Waals surface area contributed by atoms with Gasteiger partial charge < -0.3 is 16.4 Å². The van der Waals surface area contributed by atoms with Gasteiger partial charge in [0.2, 0.25) is 12.0 Å². The molecule has 0 fully saturated rings. The van der Waals surface area contributed by atoms with E-state index in [1.165, 1.54) is 0 Å². The van der Waals surface area contributed by atoms with Crippen molar-refractivity contribution >= 4 is 25.7 Å². The van der Waals surface area contributed by atoms with Gasteiger partial charge >= 0.3 is 0 Å². The molecule has 1 aliphatic rings. The number of nitrogens with two attached hydrogens (primary N) is 2. The molecule has 12 heavy (non-hydrogen) atoms. The SMILES string of the molecule is [B]/N=C1\N=C(N)N=NC1C(N)=O. The maximum Gasteiger partial charge on any atom is 0.262 e. The van der Waals surface area contributed by atoms with Gasteiger partial charge in [0.15, 0.2) is 0 Å². The third-order valence-corrected chi connectivity index (χ3v) is 1.15. The van der Waals surface area contributed by atoms with Crippen molar-refractivity contribution in [2.24, 2.45) is 31.6 Å². The maximum atomic E-state index is 10.7. The second-order valence-corrected chi connectivity index (χ2v) is 1.98. The number of guanidine groups is 1. The van der Waals surface area contributed by atoms with Crippen molar-refractivity contribution in [3.05, 3.63) is 0 Å². The van der Waals surface area contributed by atoms with Crippen LogP contribution in [0.5, 0.6) is 0 Å². The Bertz CT molecular complexity index is 294. The van der Waals surface area contributed by atoms with Crippen LogP contribution in [0.2, 0.25) is 0 Å². The second kappa shape index (κ2) is 3.12. The van der Waals surface area contributed by atoms with Crippen molar-refractivity contribution in [3.8, 4) is 0 Å². The van der Waals surface area contributed by atoms with Crippen molar-refractivity contribution < 1.29 is 4.79 Å². The molecule has 4 N–H and O–H groups in total. The van der Waals surface area contributed by atoms with Gasteiger partial charge in [0.05, 0.1) is 0 Å². The molecular formula is C4H5BN6O. The van der Waals surface area contributed by atoms with E-state index in [1.807, 2.05) is 0 Å². The molecule has 1 unspecified atom stereocenters. The molecule has 8 heteroatoms. The molecule has 0 saturated heterocycles. The lowest BCUT2D eigenvalue weighted by molar-refractivity contribution is -0.117. The van der Waals surface area contributed by atoms with Crippen LogP contribution >= 0.6 is 0 Å². The fourth-order valence-corrected chi connectivity index (χ4v) is 0.653. The number of aliphatic imine (C=N–C) groups is 1. The highest BCUT2D eigenvalue weighted by Gasteiger charge is 2.23. The Morgan fingerprint density at radius 1 is 1.67 bits per heavy atom. The average Bonchev–Trinajstić information content (AvgIpc) is 2.03. The van der Waals surface area contributed by atoms with Gasteiger partial charge in [0.1, 0.15) is 5.84 Å². The van der Waals surface area contributed by atoms with Gasteiger partial charge in [-0.05, 0) is 0 Å². The van der Waals surface area contributed by atoms with E-state index in [1.54, 1.807) is 0 Å². The second-order valence-electron chi connectivity index (χ2n) is 1.98. The zero-order chi connectivity index (χ0) is 9.14. The Morgan fingerprint density at radius 3 is 2.83 bits per heavy atom. The number of amidine groups is 1. The van der Waals surface area contributed by atoms with Gasteiger partial charge in [-0.15, -0.1) is 5.11 Å². The van der Waals surface area contributed by atoms with Gasteiger partial charge in [0.25, 0.3) is 13.9 Å². The van der Waals surface area contributed by atoms with Crippen LogP contribution < -0.4 is 11.5 Å². The molecule has 0 saturated carbocycles. The van der Waals surface area contributed by atoms with Gasteiger partial charge in [-0.3, -0.25) is 4.79 Å². The molecule has 0 aromatic heterocycles. The molecule has 1 amide bonds. The summed E-state index contributed by atoms with van der Waals surface area (Å²) in [5, 5.41) is 6.79. The van der Waals surface area contributed by atoms with E-state index in [9.17, 15) is 4.79 Å². The van der Waals surface area contributed by atoms with Crippen LogP contribution in [0.3, 0.4) is 0 Å². The highest BCUT2D eigenvalue weighted by Crippen LogP contribution is 2.02.